The third-order valence-electron chi connectivity index (χ3n) is 3.98. The molecule has 1 fully saturated rings. The van der Waals surface area contributed by atoms with E-state index in [0.717, 1.165) is 30.2 Å². The van der Waals surface area contributed by atoms with E-state index in [1.54, 1.807) is 19.2 Å². The van der Waals surface area contributed by atoms with E-state index in [2.05, 4.69) is 0 Å². The van der Waals surface area contributed by atoms with Crippen LogP contribution in [0.25, 0.3) is 11.0 Å². The standard InChI is InChI=1S/C17H18O5/c1-10-7-16(19)22-15-9-11(8-14(20-2)17(10)15)21-13-6-4-3-5-12(13)18/h7-9,13H,3-6H2,1-2H3. The van der Waals surface area contributed by atoms with Crippen LogP contribution in [-0.2, 0) is 4.79 Å². The monoisotopic (exact) mass is 302 g/mol. The summed E-state index contributed by atoms with van der Waals surface area (Å²) < 4.78 is 16.4. The van der Waals surface area contributed by atoms with Crippen LogP contribution in [0.2, 0.25) is 0 Å². The van der Waals surface area contributed by atoms with Crippen molar-refractivity contribution >= 4 is 16.8 Å². The molecule has 22 heavy (non-hydrogen) atoms. The van der Waals surface area contributed by atoms with Crippen LogP contribution >= 0.6 is 0 Å². The number of Topliss-reactive ketones (excluding diaryl/α,β-unsaturated/α-hetero) is 1. The van der Waals surface area contributed by atoms with Gasteiger partial charge in [-0.15, -0.1) is 0 Å². The molecule has 0 aliphatic heterocycles. The lowest BCUT2D eigenvalue weighted by Crippen LogP contribution is -2.30. The minimum Gasteiger partial charge on any atom is -0.496 e. The molecule has 5 nitrogen and oxygen atoms in total. The van der Waals surface area contributed by atoms with Gasteiger partial charge in [0.2, 0.25) is 0 Å². The largest absolute Gasteiger partial charge is 0.496 e. The van der Waals surface area contributed by atoms with E-state index in [-0.39, 0.29) is 5.78 Å². The quantitative estimate of drug-likeness (QED) is 0.815. The van der Waals surface area contributed by atoms with Crippen molar-refractivity contribution in [3.63, 3.8) is 0 Å². The highest BCUT2D eigenvalue weighted by molar-refractivity contribution is 5.88. The van der Waals surface area contributed by atoms with Gasteiger partial charge in [0.15, 0.2) is 11.9 Å². The number of aryl methyl sites for hydroxylation is 1. The smallest absolute Gasteiger partial charge is 0.336 e. The first-order valence-electron chi connectivity index (χ1n) is 7.40. The van der Waals surface area contributed by atoms with Crippen LogP contribution in [-0.4, -0.2) is 19.0 Å². The fourth-order valence-corrected chi connectivity index (χ4v) is 2.89. The molecule has 1 saturated carbocycles. The Labute approximate surface area is 127 Å². The molecule has 116 valence electrons. The van der Waals surface area contributed by atoms with Crippen LogP contribution in [0.4, 0.5) is 0 Å². The zero-order valence-corrected chi connectivity index (χ0v) is 12.7. The molecule has 1 aromatic heterocycles. The van der Waals surface area contributed by atoms with E-state index in [1.165, 1.54) is 6.07 Å². The van der Waals surface area contributed by atoms with E-state index in [1.807, 2.05) is 6.92 Å². The molecule has 0 radical (unpaired) electrons. The second-order valence-electron chi connectivity index (χ2n) is 5.57. The Balaban J connectivity index is 2.03. The molecule has 0 spiro atoms. The Kier molecular flexibility index (Phi) is 3.88. The van der Waals surface area contributed by atoms with E-state index in [0.29, 0.717) is 23.5 Å². The molecule has 2 aromatic rings. The molecule has 1 unspecified atom stereocenters. The van der Waals surface area contributed by atoms with E-state index in [9.17, 15) is 9.59 Å². The molecule has 0 bridgehead atoms. The van der Waals surface area contributed by atoms with Crippen LogP contribution in [0.5, 0.6) is 11.5 Å². The maximum absolute atomic E-state index is 11.9. The fourth-order valence-electron chi connectivity index (χ4n) is 2.89. The lowest BCUT2D eigenvalue weighted by atomic mass is 9.96. The normalized spacial score (nSPS) is 18.5. The van der Waals surface area contributed by atoms with Crippen molar-refractivity contribution in [2.24, 2.45) is 0 Å². The summed E-state index contributed by atoms with van der Waals surface area (Å²) in [7, 11) is 1.55. The number of hydrogen-bond donors (Lipinski definition) is 0. The molecule has 0 amide bonds. The summed E-state index contributed by atoms with van der Waals surface area (Å²) in [6, 6.07) is 4.81. The van der Waals surface area contributed by atoms with Gasteiger partial charge in [-0.05, 0) is 31.7 Å². The molecule has 1 heterocycles. The van der Waals surface area contributed by atoms with Gasteiger partial charge in [-0.2, -0.15) is 0 Å². The average Bonchev–Trinajstić information content (AvgIpc) is 2.48. The zero-order valence-electron chi connectivity index (χ0n) is 12.7. The third kappa shape index (κ3) is 2.71. The zero-order chi connectivity index (χ0) is 15.7. The highest BCUT2D eigenvalue weighted by Crippen LogP contribution is 2.33. The van der Waals surface area contributed by atoms with Gasteiger partial charge in [0.05, 0.1) is 12.5 Å². The Morgan fingerprint density at radius 1 is 1.18 bits per heavy atom. The number of ketones is 1. The van der Waals surface area contributed by atoms with Crippen LogP contribution in [0, 0.1) is 6.92 Å². The van der Waals surface area contributed by atoms with Crippen LogP contribution < -0.4 is 15.1 Å². The highest BCUT2D eigenvalue weighted by atomic mass is 16.5. The number of rotatable bonds is 3. The van der Waals surface area contributed by atoms with Gasteiger partial charge in [-0.3, -0.25) is 4.79 Å². The predicted molar refractivity (Wildman–Crippen MR) is 81.7 cm³/mol. The number of hydrogen-bond acceptors (Lipinski definition) is 5. The molecule has 1 aliphatic carbocycles. The van der Waals surface area contributed by atoms with E-state index in [4.69, 9.17) is 13.9 Å². The fraction of sp³-hybridized carbons (Fsp3) is 0.412. The predicted octanol–water partition coefficient (Wildman–Crippen LogP) is 3.00. The number of carbonyl (C=O) groups excluding carboxylic acids is 1. The minimum atomic E-state index is -0.424. The second-order valence-corrected chi connectivity index (χ2v) is 5.57. The molecule has 3 rings (SSSR count). The van der Waals surface area contributed by atoms with Gasteiger partial charge in [-0.25, -0.2) is 4.79 Å². The Morgan fingerprint density at radius 3 is 2.73 bits per heavy atom. The van der Waals surface area contributed by atoms with Crippen molar-refractivity contribution < 1.29 is 18.7 Å². The lowest BCUT2D eigenvalue weighted by Gasteiger charge is -2.22. The van der Waals surface area contributed by atoms with Crippen molar-refractivity contribution in [1.82, 2.24) is 0 Å². The SMILES string of the molecule is COc1cc(OC2CCCCC2=O)cc2oc(=O)cc(C)c12. The number of benzene rings is 1. The first kappa shape index (κ1) is 14.6. The van der Waals surface area contributed by atoms with Crippen molar-refractivity contribution in [3.8, 4) is 11.5 Å². The minimum absolute atomic E-state index is 0.121. The van der Waals surface area contributed by atoms with Crippen molar-refractivity contribution in [1.29, 1.82) is 0 Å². The molecule has 1 aliphatic rings. The summed E-state index contributed by atoms with van der Waals surface area (Å²) in [4.78, 5) is 23.5. The molecule has 0 N–H and O–H groups in total. The van der Waals surface area contributed by atoms with Crippen LogP contribution in [0.1, 0.15) is 31.2 Å². The molecular formula is C17H18O5. The van der Waals surface area contributed by atoms with Crippen molar-refractivity contribution in [2.45, 2.75) is 38.7 Å². The number of fused-ring (bicyclic) bond motifs is 1. The lowest BCUT2D eigenvalue weighted by molar-refractivity contribution is -0.127. The number of carbonyl (C=O) groups is 1. The summed E-state index contributed by atoms with van der Waals surface area (Å²) in [5.74, 6) is 1.17. The molecule has 0 saturated heterocycles. The van der Waals surface area contributed by atoms with Crippen LogP contribution in [0.3, 0.4) is 0 Å². The second kappa shape index (κ2) is 5.83. The molecule has 5 heteroatoms. The molecular weight excluding hydrogens is 284 g/mol. The molecule has 1 aromatic carbocycles. The summed E-state index contributed by atoms with van der Waals surface area (Å²) >= 11 is 0. The van der Waals surface area contributed by atoms with Crippen molar-refractivity contribution in [2.75, 3.05) is 7.11 Å². The maximum atomic E-state index is 11.9. The van der Waals surface area contributed by atoms with Gasteiger partial charge in [0.1, 0.15) is 17.1 Å². The summed E-state index contributed by atoms with van der Waals surface area (Å²) in [6.07, 6.45) is 2.76. The van der Waals surface area contributed by atoms with Gasteiger partial charge >= 0.3 is 5.63 Å². The maximum Gasteiger partial charge on any atom is 0.336 e. The number of methoxy groups -OCH3 is 1. The summed E-state index contributed by atoms with van der Waals surface area (Å²) in [6.45, 7) is 1.83. The van der Waals surface area contributed by atoms with Crippen LogP contribution in [0.15, 0.2) is 27.4 Å². The van der Waals surface area contributed by atoms with E-state index >= 15 is 0 Å². The average molecular weight is 302 g/mol. The number of ether oxygens (including phenoxy) is 2. The van der Waals surface area contributed by atoms with Gasteiger partial charge in [0, 0.05) is 24.6 Å². The Morgan fingerprint density at radius 2 is 2.00 bits per heavy atom. The third-order valence-corrected chi connectivity index (χ3v) is 3.98. The van der Waals surface area contributed by atoms with Gasteiger partial charge in [0.25, 0.3) is 0 Å². The Hall–Kier alpha value is -2.30. The molecule has 1 atom stereocenters. The highest BCUT2D eigenvalue weighted by Gasteiger charge is 2.24. The topological polar surface area (TPSA) is 65.7 Å². The van der Waals surface area contributed by atoms with Gasteiger partial charge < -0.3 is 13.9 Å². The van der Waals surface area contributed by atoms with Gasteiger partial charge in [-0.1, -0.05) is 0 Å². The first-order valence-corrected chi connectivity index (χ1v) is 7.40. The van der Waals surface area contributed by atoms with E-state index < -0.39 is 11.7 Å². The van der Waals surface area contributed by atoms with Crippen molar-refractivity contribution in [3.05, 3.63) is 34.2 Å². The summed E-state index contributed by atoms with van der Waals surface area (Å²) in [5, 5.41) is 0.740. The summed E-state index contributed by atoms with van der Waals surface area (Å²) in [5.41, 5.74) is 0.768. The first-order chi connectivity index (χ1) is 10.6. The Bertz CT molecular complexity index is 774.